The molecule has 0 aliphatic carbocycles. The Morgan fingerprint density at radius 3 is 2.23 bits per heavy atom. The predicted octanol–water partition coefficient (Wildman–Crippen LogP) is 3.88. The summed E-state index contributed by atoms with van der Waals surface area (Å²) in [4.78, 5) is 12.8. The van der Waals surface area contributed by atoms with Crippen LogP contribution in [0.5, 0.6) is 0 Å². The summed E-state index contributed by atoms with van der Waals surface area (Å²) < 4.78 is 55.2. The summed E-state index contributed by atoms with van der Waals surface area (Å²) in [5.74, 6) is 0.0881. The molecule has 0 fully saturated rings. The second kappa shape index (κ2) is 8.31. The van der Waals surface area contributed by atoms with E-state index in [9.17, 15) is 22.2 Å². The van der Waals surface area contributed by atoms with Crippen molar-refractivity contribution in [1.82, 2.24) is 15.1 Å². The van der Waals surface area contributed by atoms with E-state index in [0.29, 0.717) is 21.8 Å². The lowest BCUT2D eigenvalue weighted by Gasteiger charge is -2.10. The molecule has 3 rings (SSSR count). The van der Waals surface area contributed by atoms with Crippen molar-refractivity contribution in [3.8, 4) is 0 Å². The van der Waals surface area contributed by atoms with E-state index in [1.807, 2.05) is 0 Å². The highest BCUT2D eigenvalue weighted by Crippen LogP contribution is 2.29. The van der Waals surface area contributed by atoms with Crippen molar-refractivity contribution in [3.05, 3.63) is 77.5 Å². The van der Waals surface area contributed by atoms with Gasteiger partial charge in [0, 0.05) is 31.4 Å². The van der Waals surface area contributed by atoms with Crippen LogP contribution in [0, 0.1) is 0 Å². The molecule has 1 amide bonds. The van der Waals surface area contributed by atoms with Crippen LogP contribution < -0.4 is 10.0 Å². The third-order valence-electron chi connectivity index (χ3n) is 4.31. The molecule has 1 heterocycles. The number of rotatable bonds is 6. The number of hydrogen-bond donors (Lipinski definition) is 2. The minimum absolute atomic E-state index is 0.0878. The molecular weight excluding hydrogens is 417 g/mol. The van der Waals surface area contributed by atoms with Crippen molar-refractivity contribution in [2.75, 3.05) is 11.0 Å². The third kappa shape index (κ3) is 5.26. The van der Waals surface area contributed by atoms with Gasteiger partial charge in [0.2, 0.25) is 10.1 Å². The fraction of sp³-hybridized carbons (Fsp3) is 0.200. The number of nitrogens with one attached hydrogen (secondary N) is 2. The van der Waals surface area contributed by atoms with Gasteiger partial charge in [0.05, 0.1) is 5.56 Å². The molecule has 158 valence electrons. The topological polar surface area (TPSA) is 76.0 Å². The van der Waals surface area contributed by atoms with E-state index in [4.69, 9.17) is 0 Å². The number of amides is 1. The molecule has 0 aliphatic heterocycles. The Hall–Kier alpha value is -3.14. The molecule has 0 aliphatic rings. The number of anilines is 1. The molecule has 2 aromatic carbocycles. The highest BCUT2D eigenvalue weighted by molar-refractivity contribution is 8.03. The van der Waals surface area contributed by atoms with Gasteiger partial charge in [-0.2, -0.15) is 23.0 Å². The maximum Gasteiger partial charge on any atom is 0.416 e. The van der Waals surface area contributed by atoms with Gasteiger partial charge in [0.1, 0.15) is 6.26 Å². The first-order chi connectivity index (χ1) is 14.0. The first-order valence-corrected chi connectivity index (χ1v) is 10.8. The van der Waals surface area contributed by atoms with Crippen LogP contribution in [0.1, 0.15) is 21.5 Å². The number of halogens is 3. The Labute approximate surface area is 172 Å². The number of aryl methyl sites for hydroxylation is 1. The van der Waals surface area contributed by atoms with Crippen LogP contribution >= 0.6 is 0 Å². The summed E-state index contributed by atoms with van der Waals surface area (Å²) in [6.07, 6.45) is -1.13. The molecule has 0 saturated heterocycles. The molecule has 1 atom stereocenters. The van der Waals surface area contributed by atoms with Crippen molar-refractivity contribution in [3.63, 3.8) is 0 Å². The zero-order valence-corrected chi connectivity index (χ0v) is 17.1. The SMILES string of the molecule is Cn1ccc(N[S+](C)(=O)c2ccc(C(=O)NCc3ccc(C(F)(F)F)cc3)cc2)n1. The number of hydrogen-bond acceptors (Lipinski definition) is 3. The molecule has 3 aromatic rings. The fourth-order valence-electron chi connectivity index (χ4n) is 2.69. The molecule has 2 N–H and O–H groups in total. The van der Waals surface area contributed by atoms with Gasteiger partial charge in [-0.25, -0.2) is 0 Å². The van der Waals surface area contributed by atoms with Crippen molar-refractivity contribution in [2.45, 2.75) is 17.6 Å². The van der Waals surface area contributed by atoms with Crippen LogP contribution in [0.4, 0.5) is 19.0 Å². The molecule has 10 heteroatoms. The monoisotopic (exact) mass is 437 g/mol. The van der Waals surface area contributed by atoms with Gasteiger partial charge < -0.3 is 5.32 Å². The van der Waals surface area contributed by atoms with Crippen LogP contribution in [0.15, 0.2) is 65.7 Å². The standard InChI is InChI=1S/C20H19F3N4O2S/c1-27-12-11-18(25-27)26-30(2,29)17-9-5-15(6-10-17)19(28)24-13-14-3-7-16(8-4-14)20(21,22)23/h3-12H,13H2,1-2H3,(H-,24,25,26,28,29)/p+1. The summed E-state index contributed by atoms with van der Waals surface area (Å²) in [5, 5.41) is 6.79. The first kappa shape index (κ1) is 21.6. The molecule has 0 radical (unpaired) electrons. The maximum atomic E-state index is 12.9. The Morgan fingerprint density at radius 1 is 1.07 bits per heavy atom. The van der Waals surface area contributed by atoms with Gasteiger partial charge in [-0.05, 0) is 42.0 Å². The smallest absolute Gasteiger partial charge is 0.348 e. The number of carbonyl (C=O) groups is 1. The van der Waals surface area contributed by atoms with E-state index in [-0.39, 0.29) is 12.5 Å². The normalized spacial score (nSPS) is 13.5. The van der Waals surface area contributed by atoms with Crippen LogP contribution in [0.2, 0.25) is 0 Å². The van der Waals surface area contributed by atoms with E-state index >= 15 is 0 Å². The first-order valence-electron chi connectivity index (χ1n) is 8.86. The Bertz CT molecular complexity index is 1080. The lowest BCUT2D eigenvalue weighted by molar-refractivity contribution is -0.137. The predicted molar refractivity (Wildman–Crippen MR) is 108 cm³/mol. The number of alkyl halides is 3. The van der Waals surface area contributed by atoms with Crippen LogP contribution in [0.3, 0.4) is 0 Å². The molecular formula is C20H20F3N4O2S+. The summed E-state index contributed by atoms with van der Waals surface area (Å²) in [5.41, 5.74) is 0.151. The highest BCUT2D eigenvalue weighted by atomic mass is 32.3. The fourth-order valence-corrected chi connectivity index (χ4v) is 3.97. The Balaban J connectivity index is 1.61. The van der Waals surface area contributed by atoms with E-state index < -0.39 is 21.9 Å². The van der Waals surface area contributed by atoms with E-state index in [0.717, 1.165) is 12.1 Å². The van der Waals surface area contributed by atoms with Gasteiger partial charge in [-0.1, -0.05) is 16.3 Å². The van der Waals surface area contributed by atoms with E-state index in [2.05, 4.69) is 15.1 Å². The van der Waals surface area contributed by atoms with Crippen molar-refractivity contribution < 1.29 is 22.2 Å². The van der Waals surface area contributed by atoms with Crippen molar-refractivity contribution in [2.24, 2.45) is 7.05 Å². The zero-order chi connectivity index (χ0) is 21.9. The lowest BCUT2D eigenvalue weighted by Crippen LogP contribution is -2.23. The average molecular weight is 437 g/mol. The summed E-state index contributed by atoms with van der Waals surface area (Å²) >= 11 is 0. The average Bonchev–Trinajstić information content (AvgIpc) is 3.09. The van der Waals surface area contributed by atoms with Crippen molar-refractivity contribution in [1.29, 1.82) is 0 Å². The zero-order valence-electron chi connectivity index (χ0n) is 16.2. The number of carbonyl (C=O) groups excluding carboxylic acids is 1. The van der Waals surface area contributed by atoms with E-state index in [1.165, 1.54) is 12.1 Å². The quantitative estimate of drug-likeness (QED) is 0.575. The Kier molecular flexibility index (Phi) is 5.97. The molecule has 0 spiro atoms. The second-order valence-corrected chi connectivity index (χ2v) is 9.08. The van der Waals surface area contributed by atoms with Crippen molar-refractivity contribution >= 4 is 21.8 Å². The summed E-state index contributed by atoms with van der Waals surface area (Å²) in [6, 6.07) is 12.6. The largest absolute Gasteiger partial charge is 0.416 e. The maximum absolute atomic E-state index is 12.9. The van der Waals surface area contributed by atoms with Gasteiger partial charge in [-0.15, -0.1) is 0 Å². The summed E-state index contributed by atoms with van der Waals surface area (Å²) in [7, 11) is -0.863. The van der Waals surface area contributed by atoms with Gasteiger partial charge in [0.15, 0.2) is 10.7 Å². The minimum Gasteiger partial charge on any atom is -0.348 e. The molecule has 0 bridgehead atoms. The third-order valence-corrected chi connectivity index (χ3v) is 6.08. The molecule has 30 heavy (non-hydrogen) atoms. The summed E-state index contributed by atoms with van der Waals surface area (Å²) in [6.45, 7) is 0.0878. The number of aromatic nitrogens is 2. The minimum atomic E-state index is -4.40. The van der Waals surface area contributed by atoms with E-state index in [1.54, 1.807) is 54.5 Å². The van der Waals surface area contributed by atoms with Gasteiger partial charge >= 0.3 is 6.18 Å². The lowest BCUT2D eigenvalue weighted by atomic mass is 10.1. The second-order valence-electron chi connectivity index (χ2n) is 6.72. The molecule has 1 unspecified atom stereocenters. The Morgan fingerprint density at radius 2 is 1.70 bits per heavy atom. The van der Waals surface area contributed by atoms with Gasteiger partial charge in [0.25, 0.3) is 5.91 Å². The highest BCUT2D eigenvalue weighted by Gasteiger charge is 2.30. The van der Waals surface area contributed by atoms with Crippen LogP contribution in [-0.4, -0.2) is 21.9 Å². The van der Waals surface area contributed by atoms with Gasteiger partial charge in [-0.3, -0.25) is 9.48 Å². The molecule has 1 aromatic heterocycles. The molecule has 6 nitrogen and oxygen atoms in total. The number of nitrogens with zero attached hydrogens (tertiary/aromatic N) is 2. The molecule has 0 saturated carbocycles. The van der Waals surface area contributed by atoms with Crippen LogP contribution in [0.25, 0.3) is 0 Å². The van der Waals surface area contributed by atoms with Crippen LogP contribution in [-0.2, 0) is 34.1 Å². The number of benzene rings is 2.